The Hall–Kier alpha value is -4.14. The second kappa shape index (κ2) is 11.8. The molecule has 0 radical (unpaired) electrons. The average Bonchev–Trinajstić information content (AvgIpc) is 3.42. The van der Waals surface area contributed by atoms with Crippen LogP contribution in [0.25, 0.3) is 22.0 Å². The molecule has 0 saturated carbocycles. The Balaban J connectivity index is 1.43. The summed E-state index contributed by atoms with van der Waals surface area (Å²) < 4.78 is 33.6. The quantitative estimate of drug-likeness (QED) is 0.293. The Morgan fingerprint density at radius 2 is 1.80 bits per heavy atom. The van der Waals surface area contributed by atoms with Gasteiger partial charge in [-0.2, -0.15) is 8.42 Å². The molecule has 4 aromatic rings. The fourth-order valence-electron chi connectivity index (χ4n) is 4.31. The van der Waals surface area contributed by atoms with Crippen molar-refractivity contribution in [1.29, 1.82) is 0 Å². The molecule has 212 valence electrons. The maximum Gasteiger partial charge on any atom is 0.289 e. The average molecular weight is 614 g/mol. The van der Waals surface area contributed by atoms with Crippen molar-refractivity contribution in [1.82, 2.24) is 24.8 Å². The number of thiazole rings is 1. The minimum Gasteiger partial charge on any atom is -0.480 e. The highest BCUT2D eigenvalue weighted by Gasteiger charge is 2.24. The van der Waals surface area contributed by atoms with E-state index < -0.39 is 10.0 Å². The van der Waals surface area contributed by atoms with Crippen LogP contribution in [0.4, 0.5) is 11.5 Å². The van der Waals surface area contributed by atoms with Gasteiger partial charge in [-0.15, -0.1) is 0 Å². The number of nitrogens with zero attached hydrogens (tertiary/aromatic N) is 6. The summed E-state index contributed by atoms with van der Waals surface area (Å²) in [5.74, 6) is 0.425. The van der Waals surface area contributed by atoms with Crippen molar-refractivity contribution in [2.24, 2.45) is 0 Å². The fourth-order valence-corrected chi connectivity index (χ4v) is 6.64. The van der Waals surface area contributed by atoms with Gasteiger partial charge in [0, 0.05) is 49.4 Å². The van der Waals surface area contributed by atoms with Crippen molar-refractivity contribution < 1.29 is 22.7 Å². The van der Waals surface area contributed by atoms with Crippen LogP contribution in [0.1, 0.15) is 6.92 Å². The summed E-state index contributed by atoms with van der Waals surface area (Å²) in [6.07, 6.45) is 6.92. The van der Waals surface area contributed by atoms with Gasteiger partial charge >= 0.3 is 0 Å². The maximum absolute atomic E-state index is 12.9. The standard InChI is InChI=1S/C26H24ClN7O5S2/c1-16(35)3-6-23(36)33-7-9-34(10-8-33)24-19-11-17(4-5-20(19)30-15-31-24)18-12-21(25(39-2)28-13-18)32-41(37,38)26-29-14-22(27)40-26/h3-6,11-15,32H,7-10H2,1-2H3/b6-3+. The largest absolute Gasteiger partial charge is 0.480 e. The Labute approximate surface area is 244 Å². The molecule has 15 heteroatoms. The Kier molecular flexibility index (Phi) is 8.15. The number of methoxy groups -OCH3 is 1. The van der Waals surface area contributed by atoms with Crippen LogP contribution in [-0.2, 0) is 19.6 Å². The number of carbonyl (C=O) groups is 2. The van der Waals surface area contributed by atoms with Crippen molar-refractivity contribution in [2.75, 3.05) is 42.9 Å². The van der Waals surface area contributed by atoms with Gasteiger partial charge in [0.15, 0.2) is 5.78 Å². The SMILES string of the molecule is COc1ncc(-c2ccc3ncnc(N4CCN(C(=O)/C=C/C(C)=O)CC4)c3c2)cc1NS(=O)(=O)c1ncc(Cl)s1. The summed E-state index contributed by atoms with van der Waals surface area (Å²) in [5.41, 5.74) is 2.25. The number of aromatic nitrogens is 4. The molecule has 0 atom stereocenters. The number of nitrogens with one attached hydrogen (secondary N) is 1. The third-order valence-electron chi connectivity index (χ3n) is 6.27. The van der Waals surface area contributed by atoms with Crippen molar-refractivity contribution in [3.8, 4) is 17.0 Å². The van der Waals surface area contributed by atoms with Crippen LogP contribution in [0.3, 0.4) is 0 Å². The van der Waals surface area contributed by atoms with Gasteiger partial charge < -0.3 is 14.5 Å². The van der Waals surface area contributed by atoms with Crippen LogP contribution in [0.2, 0.25) is 4.34 Å². The molecule has 1 fully saturated rings. The van der Waals surface area contributed by atoms with E-state index in [1.54, 1.807) is 17.2 Å². The highest BCUT2D eigenvalue weighted by Crippen LogP contribution is 2.34. The van der Waals surface area contributed by atoms with Gasteiger partial charge in [-0.05, 0) is 36.8 Å². The van der Waals surface area contributed by atoms with Crippen LogP contribution in [0, 0.1) is 0 Å². The second-order valence-corrected chi connectivity index (χ2v) is 12.5. The molecule has 0 aliphatic carbocycles. The number of ether oxygens (including phenoxy) is 1. The predicted molar refractivity (Wildman–Crippen MR) is 156 cm³/mol. The molecular formula is C26H24ClN7O5S2. The number of hydrogen-bond acceptors (Lipinski definition) is 11. The number of fused-ring (bicyclic) bond motifs is 1. The first-order valence-corrected chi connectivity index (χ1v) is 15.0. The molecule has 0 unspecified atom stereocenters. The molecule has 3 aromatic heterocycles. The molecule has 5 rings (SSSR count). The number of ketones is 1. The van der Waals surface area contributed by atoms with Crippen molar-refractivity contribution >= 4 is 67.1 Å². The molecule has 12 nitrogen and oxygen atoms in total. The zero-order valence-electron chi connectivity index (χ0n) is 21.9. The first kappa shape index (κ1) is 28.4. The Morgan fingerprint density at radius 3 is 2.49 bits per heavy atom. The molecule has 1 aliphatic rings. The zero-order valence-corrected chi connectivity index (χ0v) is 24.3. The zero-order chi connectivity index (χ0) is 29.1. The fraction of sp³-hybridized carbons (Fsp3) is 0.231. The van der Waals surface area contributed by atoms with Crippen molar-refractivity contribution in [2.45, 2.75) is 11.3 Å². The number of hydrogen-bond donors (Lipinski definition) is 1. The number of amides is 1. The summed E-state index contributed by atoms with van der Waals surface area (Å²) in [4.78, 5) is 44.4. The van der Waals surface area contributed by atoms with Gasteiger partial charge in [-0.3, -0.25) is 14.3 Å². The van der Waals surface area contributed by atoms with E-state index in [2.05, 4.69) is 29.6 Å². The molecule has 0 bridgehead atoms. The van der Waals surface area contributed by atoms with Crippen molar-refractivity contribution in [3.05, 3.63) is 59.5 Å². The molecule has 0 spiro atoms. The van der Waals surface area contributed by atoms with Gasteiger partial charge in [0.2, 0.25) is 16.1 Å². The van der Waals surface area contributed by atoms with E-state index in [0.717, 1.165) is 27.8 Å². The van der Waals surface area contributed by atoms with Gasteiger partial charge in [0.05, 0.1) is 18.8 Å². The number of pyridine rings is 1. The van der Waals surface area contributed by atoms with E-state index >= 15 is 0 Å². The van der Waals surface area contributed by atoms with E-state index in [1.165, 1.54) is 38.7 Å². The summed E-state index contributed by atoms with van der Waals surface area (Å²) in [6.45, 7) is 3.45. The summed E-state index contributed by atoms with van der Waals surface area (Å²) in [7, 11) is -2.63. The highest BCUT2D eigenvalue weighted by atomic mass is 35.5. The number of rotatable bonds is 8. The van der Waals surface area contributed by atoms with Gasteiger partial charge in [0.25, 0.3) is 10.0 Å². The lowest BCUT2D eigenvalue weighted by Crippen LogP contribution is -2.48. The van der Waals surface area contributed by atoms with E-state index in [0.29, 0.717) is 37.6 Å². The molecule has 1 aromatic carbocycles. The third kappa shape index (κ3) is 6.29. The Bertz CT molecular complexity index is 1770. The molecule has 1 saturated heterocycles. The van der Waals surface area contributed by atoms with Gasteiger partial charge in [0.1, 0.15) is 22.2 Å². The van der Waals surface area contributed by atoms with Gasteiger partial charge in [-0.1, -0.05) is 29.0 Å². The molecular weight excluding hydrogens is 590 g/mol. The number of sulfonamides is 1. The first-order chi connectivity index (χ1) is 19.6. The third-order valence-corrected chi connectivity index (χ3v) is 9.15. The molecule has 41 heavy (non-hydrogen) atoms. The van der Waals surface area contributed by atoms with Crippen molar-refractivity contribution in [3.63, 3.8) is 0 Å². The minimum atomic E-state index is -4.02. The summed E-state index contributed by atoms with van der Waals surface area (Å²) in [5, 5.41) is 0.789. The number of piperazine rings is 1. The summed E-state index contributed by atoms with van der Waals surface area (Å²) in [6, 6.07) is 7.26. The van der Waals surface area contributed by atoms with Crippen LogP contribution in [0.15, 0.2) is 59.5 Å². The summed E-state index contributed by atoms with van der Waals surface area (Å²) >= 11 is 6.71. The lowest BCUT2D eigenvalue weighted by atomic mass is 10.0. The van der Waals surface area contributed by atoms with Crippen LogP contribution in [0.5, 0.6) is 5.88 Å². The first-order valence-electron chi connectivity index (χ1n) is 12.3. The molecule has 1 amide bonds. The topological polar surface area (TPSA) is 148 Å². The second-order valence-electron chi connectivity index (χ2n) is 9.00. The molecule has 1 aliphatic heterocycles. The maximum atomic E-state index is 12.9. The monoisotopic (exact) mass is 613 g/mol. The van der Waals surface area contributed by atoms with E-state index in [9.17, 15) is 18.0 Å². The minimum absolute atomic E-state index is 0.0929. The van der Waals surface area contributed by atoms with Crippen LogP contribution >= 0.6 is 22.9 Å². The number of halogens is 1. The number of anilines is 2. The number of carbonyl (C=O) groups excluding carboxylic acids is 2. The highest BCUT2D eigenvalue weighted by molar-refractivity contribution is 7.94. The normalized spacial score (nSPS) is 14.0. The van der Waals surface area contributed by atoms with Crippen LogP contribution in [-0.4, -0.2) is 78.2 Å². The molecule has 4 heterocycles. The number of benzene rings is 1. The molecule has 1 N–H and O–H groups in total. The lowest BCUT2D eigenvalue weighted by molar-refractivity contribution is -0.126. The van der Waals surface area contributed by atoms with E-state index in [1.807, 2.05) is 18.2 Å². The predicted octanol–water partition coefficient (Wildman–Crippen LogP) is 3.40. The Morgan fingerprint density at radius 1 is 1.02 bits per heavy atom. The lowest BCUT2D eigenvalue weighted by Gasteiger charge is -2.35. The van der Waals surface area contributed by atoms with E-state index in [4.69, 9.17) is 16.3 Å². The van der Waals surface area contributed by atoms with Gasteiger partial charge in [-0.25, -0.2) is 19.9 Å². The number of allylic oxidation sites excluding steroid dienone is 1. The smallest absolute Gasteiger partial charge is 0.289 e. The van der Waals surface area contributed by atoms with Crippen LogP contribution < -0.4 is 14.4 Å². The van der Waals surface area contributed by atoms with E-state index in [-0.39, 0.29) is 31.9 Å².